The van der Waals surface area contributed by atoms with Crippen LogP contribution in [0.1, 0.15) is 21.5 Å². The standard InChI is InChI=1S/C23H21N5O/c29-23(21-11-4-5-12-22(21)27-20-9-2-1-3-10-20)25-14-18-7-6-8-19(13-18)15-28-17-24-16-26-28/h1-13,16-17,27H,14-15H2,(H,25,29). The molecule has 0 saturated carbocycles. The summed E-state index contributed by atoms with van der Waals surface area (Å²) in [4.78, 5) is 16.8. The van der Waals surface area contributed by atoms with Gasteiger partial charge >= 0.3 is 0 Å². The molecule has 0 atom stereocenters. The molecular weight excluding hydrogens is 362 g/mol. The van der Waals surface area contributed by atoms with E-state index in [-0.39, 0.29) is 5.91 Å². The molecule has 0 aliphatic heterocycles. The van der Waals surface area contributed by atoms with Crippen LogP contribution in [-0.4, -0.2) is 20.7 Å². The van der Waals surface area contributed by atoms with Crippen molar-refractivity contribution in [3.8, 4) is 0 Å². The van der Waals surface area contributed by atoms with E-state index in [1.165, 1.54) is 6.33 Å². The van der Waals surface area contributed by atoms with E-state index >= 15 is 0 Å². The monoisotopic (exact) mass is 383 g/mol. The first-order valence-electron chi connectivity index (χ1n) is 9.37. The summed E-state index contributed by atoms with van der Waals surface area (Å²) in [6, 6.07) is 25.4. The quantitative estimate of drug-likeness (QED) is 0.506. The summed E-state index contributed by atoms with van der Waals surface area (Å²) in [5, 5.41) is 10.5. The van der Waals surface area contributed by atoms with Gasteiger partial charge in [-0.15, -0.1) is 0 Å². The molecule has 4 aromatic rings. The number of nitrogens with zero attached hydrogens (tertiary/aromatic N) is 3. The van der Waals surface area contributed by atoms with Gasteiger partial charge < -0.3 is 10.6 Å². The van der Waals surface area contributed by atoms with Crippen LogP contribution < -0.4 is 10.6 Å². The van der Waals surface area contributed by atoms with Crippen molar-refractivity contribution in [2.45, 2.75) is 13.1 Å². The highest BCUT2D eigenvalue weighted by atomic mass is 16.1. The van der Waals surface area contributed by atoms with Gasteiger partial charge in [-0.2, -0.15) is 5.10 Å². The van der Waals surface area contributed by atoms with E-state index in [9.17, 15) is 4.79 Å². The number of hydrogen-bond acceptors (Lipinski definition) is 4. The Morgan fingerprint density at radius 2 is 1.69 bits per heavy atom. The first-order valence-corrected chi connectivity index (χ1v) is 9.37. The molecule has 0 saturated heterocycles. The Balaban J connectivity index is 1.43. The molecule has 0 aliphatic carbocycles. The fraction of sp³-hybridized carbons (Fsp3) is 0.0870. The van der Waals surface area contributed by atoms with E-state index in [4.69, 9.17) is 0 Å². The maximum absolute atomic E-state index is 12.8. The van der Waals surface area contributed by atoms with Gasteiger partial charge in [0.05, 0.1) is 17.8 Å². The minimum atomic E-state index is -0.120. The predicted octanol–water partition coefficient (Wildman–Crippen LogP) is 4.00. The van der Waals surface area contributed by atoms with Crippen LogP contribution in [0.5, 0.6) is 0 Å². The van der Waals surface area contributed by atoms with Gasteiger partial charge in [0.1, 0.15) is 12.7 Å². The number of aromatic nitrogens is 3. The molecule has 0 fully saturated rings. The summed E-state index contributed by atoms with van der Waals surface area (Å²) in [7, 11) is 0. The van der Waals surface area contributed by atoms with Crippen molar-refractivity contribution in [1.29, 1.82) is 0 Å². The van der Waals surface area contributed by atoms with E-state index in [2.05, 4.69) is 26.8 Å². The fourth-order valence-corrected chi connectivity index (χ4v) is 3.08. The molecule has 29 heavy (non-hydrogen) atoms. The third kappa shape index (κ3) is 4.87. The van der Waals surface area contributed by atoms with Crippen molar-refractivity contribution in [2.75, 3.05) is 5.32 Å². The topological polar surface area (TPSA) is 71.8 Å². The minimum absolute atomic E-state index is 0.120. The van der Waals surface area contributed by atoms with E-state index in [1.54, 1.807) is 11.0 Å². The third-order valence-corrected chi connectivity index (χ3v) is 4.48. The summed E-state index contributed by atoms with van der Waals surface area (Å²) in [5.41, 5.74) is 4.46. The van der Waals surface area contributed by atoms with Crippen LogP contribution in [-0.2, 0) is 13.1 Å². The van der Waals surface area contributed by atoms with Crippen LogP contribution >= 0.6 is 0 Å². The number of hydrogen-bond donors (Lipinski definition) is 2. The number of amides is 1. The largest absolute Gasteiger partial charge is 0.355 e. The van der Waals surface area contributed by atoms with Gasteiger partial charge in [0.25, 0.3) is 5.91 Å². The van der Waals surface area contributed by atoms with Crippen molar-refractivity contribution < 1.29 is 4.79 Å². The summed E-state index contributed by atoms with van der Waals surface area (Å²) in [6.45, 7) is 1.09. The number of para-hydroxylation sites is 2. The lowest BCUT2D eigenvalue weighted by molar-refractivity contribution is 0.0951. The summed E-state index contributed by atoms with van der Waals surface area (Å²) in [6.07, 6.45) is 3.20. The molecule has 0 radical (unpaired) electrons. The lowest BCUT2D eigenvalue weighted by atomic mass is 10.1. The number of carbonyl (C=O) groups is 1. The zero-order valence-electron chi connectivity index (χ0n) is 15.8. The van der Waals surface area contributed by atoms with Crippen molar-refractivity contribution in [3.63, 3.8) is 0 Å². The average Bonchev–Trinajstić information content (AvgIpc) is 3.26. The van der Waals surface area contributed by atoms with Crippen LogP contribution in [0.4, 0.5) is 11.4 Å². The van der Waals surface area contributed by atoms with Crippen LogP contribution in [0.25, 0.3) is 0 Å². The number of carbonyl (C=O) groups excluding carboxylic acids is 1. The second-order valence-electron chi connectivity index (χ2n) is 6.63. The Morgan fingerprint density at radius 1 is 0.897 bits per heavy atom. The second kappa shape index (κ2) is 8.84. The normalized spacial score (nSPS) is 10.5. The summed E-state index contributed by atoms with van der Waals surface area (Å²) >= 11 is 0. The Labute approximate surface area is 169 Å². The molecule has 6 nitrogen and oxygen atoms in total. The highest BCUT2D eigenvalue weighted by Crippen LogP contribution is 2.20. The van der Waals surface area contributed by atoms with Crippen molar-refractivity contribution in [1.82, 2.24) is 20.1 Å². The third-order valence-electron chi connectivity index (χ3n) is 4.48. The van der Waals surface area contributed by atoms with Crippen LogP contribution in [0.3, 0.4) is 0 Å². The van der Waals surface area contributed by atoms with Gasteiger partial charge in [0, 0.05) is 12.2 Å². The first-order chi connectivity index (χ1) is 14.3. The zero-order valence-corrected chi connectivity index (χ0v) is 15.8. The molecule has 0 aliphatic rings. The second-order valence-corrected chi connectivity index (χ2v) is 6.63. The Morgan fingerprint density at radius 3 is 2.52 bits per heavy atom. The summed E-state index contributed by atoms with van der Waals surface area (Å²) < 4.78 is 1.77. The zero-order chi connectivity index (χ0) is 19.9. The molecule has 2 N–H and O–H groups in total. The molecule has 0 bridgehead atoms. The van der Waals surface area contributed by atoms with Crippen molar-refractivity contribution in [2.24, 2.45) is 0 Å². The predicted molar refractivity (Wildman–Crippen MR) is 113 cm³/mol. The number of anilines is 2. The Bertz CT molecular complexity index is 1080. The molecule has 1 heterocycles. The maximum Gasteiger partial charge on any atom is 0.253 e. The minimum Gasteiger partial charge on any atom is -0.355 e. The molecule has 1 amide bonds. The highest BCUT2D eigenvalue weighted by Gasteiger charge is 2.11. The maximum atomic E-state index is 12.8. The molecule has 6 heteroatoms. The number of nitrogens with one attached hydrogen (secondary N) is 2. The van der Waals surface area contributed by atoms with E-state index in [0.29, 0.717) is 18.7 Å². The lowest BCUT2D eigenvalue weighted by Gasteiger charge is -2.13. The van der Waals surface area contributed by atoms with Crippen molar-refractivity contribution in [3.05, 3.63) is 108 Å². The average molecular weight is 383 g/mol. The summed E-state index contributed by atoms with van der Waals surface area (Å²) in [5.74, 6) is -0.120. The van der Waals surface area contributed by atoms with Crippen molar-refractivity contribution >= 4 is 17.3 Å². The van der Waals surface area contributed by atoms with Crippen LogP contribution in [0.2, 0.25) is 0 Å². The fourth-order valence-electron chi connectivity index (χ4n) is 3.08. The van der Waals surface area contributed by atoms with Gasteiger partial charge in [0.15, 0.2) is 0 Å². The smallest absolute Gasteiger partial charge is 0.253 e. The molecule has 3 aromatic carbocycles. The molecule has 0 unspecified atom stereocenters. The van der Waals surface area contributed by atoms with Gasteiger partial charge in [0.2, 0.25) is 0 Å². The van der Waals surface area contributed by atoms with Gasteiger partial charge in [-0.3, -0.25) is 4.79 Å². The highest BCUT2D eigenvalue weighted by molar-refractivity contribution is 6.00. The van der Waals surface area contributed by atoms with Gasteiger partial charge in [-0.05, 0) is 35.4 Å². The molecule has 1 aromatic heterocycles. The molecular formula is C23H21N5O. The van der Waals surface area contributed by atoms with E-state index in [1.807, 2.05) is 72.8 Å². The van der Waals surface area contributed by atoms with E-state index in [0.717, 1.165) is 22.5 Å². The van der Waals surface area contributed by atoms with Crippen LogP contribution in [0, 0.1) is 0 Å². The molecule has 144 valence electrons. The lowest BCUT2D eigenvalue weighted by Crippen LogP contribution is -2.23. The Kier molecular flexibility index (Phi) is 5.62. The molecule has 0 spiro atoms. The van der Waals surface area contributed by atoms with Gasteiger partial charge in [-0.1, -0.05) is 54.6 Å². The number of benzene rings is 3. The number of rotatable bonds is 7. The van der Waals surface area contributed by atoms with E-state index < -0.39 is 0 Å². The Hall–Kier alpha value is -3.93. The molecule has 4 rings (SSSR count). The SMILES string of the molecule is O=C(NCc1cccc(Cn2cncn2)c1)c1ccccc1Nc1ccccc1. The van der Waals surface area contributed by atoms with Crippen LogP contribution in [0.15, 0.2) is 91.5 Å². The first kappa shape index (κ1) is 18.4. The van der Waals surface area contributed by atoms with Gasteiger partial charge in [-0.25, -0.2) is 9.67 Å².